The summed E-state index contributed by atoms with van der Waals surface area (Å²) in [6, 6.07) is 8.29. The zero-order valence-electron chi connectivity index (χ0n) is 8.79. The highest BCUT2D eigenvalue weighted by molar-refractivity contribution is 5.41. The number of benzene rings is 1. The number of nitrogens with zero attached hydrogens (tertiary/aromatic N) is 1. The second kappa shape index (κ2) is 4.18. The highest BCUT2D eigenvalue weighted by Gasteiger charge is 2.13. The van der Waals surface area contributed by atoms with Crippen molar-refractivity contribution >= 4 is 0 Å². The Morgan fingerprint density at radius 1 is 1.33 bits per heavy atom. The van der Waals surface area contributed by atoms with Crippen LogP contribution in [-0.2, 0) is 12.8 Å². The maximum absolute atomic E-state index is 8.62. The maximum atomic E-state index is 8.62. The Kier molecular flexibility index (Phi) is 2.73. The van der Waals surface area contributed by atoms with Gasteiger partial charge in [0, 0.05) is 6.08 Å². The third kappa shape index (κ3) is 2.02. The summed E-state index contributed by atoms with van der Waals surface area (Å²) in [4.78, 5) is 0. The number of hydrogen-bond donors (Lipinski definition) is 0. The second-order valence-corrected chi connectivity index (χ2v) is 3.74. The van der Waals surface area contributed by atoms with E-state index in [1.54, 1.807) is 13.2 Å². The van der Waals surface area contributed by atoms with Gasteiger partial charge in [0.15, 0.2) is 0 Å². The van der Waals surface area contributed by atoms with Crippen LogP contribution in [0.15, 0.2) is 29.8 Å². The van der Waals surface area contributed by atoms with Gasteiger partial charge in [-0.1, -0.05) is 11.6 Å². The molecule has 0 bridgehead atoms. The number of methoxy groups -OCH3 is 1. The second-order valence-electron chi connectivity index (χ2n) is 3.74. The van der Waals surface area contributed by atoms with Gasteiger partial charge in [-0.3, -0.25) is 0 Å². The fourth-order valence-corrected chi connectivity index (χ4v) is 1.98. The van der Waals surface area contributed by atoms with E-state index in [9.17, 15) is 0 Å². The van der Waals surface area contributed by atoms with E-state index in [0.29, 0.717) is 0 Å². The van der Waals surface area contributed by atoms with Gasteiger partial charge >= 0.3 is 0 Å². The van der Waals surface area contributed by atoms with E-state index < -0.39 is 0 Å². The molecule has 0 radical (unpaired) electrons. The topological polar surface area (TPSA) is 33.0 Å². The summed E-state index contributed by atoms with van der Waals surface area (Å²) in [5, 5.41) is 8.62. The minimum atomic E-state index is 0.889. The van der Waals surface area contributed by atoms with Gasteiger partial charge in [0.25, 0.3) is 0 Å². The summed E-state index contributed by atoms with van der Waals surface area (Å²) in [6.07, 6.45) is 4.60. The predicted molar refractivity (Wildman–Crippen MR) is 58.7 cm³/mol. The number of hydrogen-bond acceptors (Lipinski definition) is 2. The molecule has 0 saturated carbocycles. The van der Waals surface area contributed by atoms with Crippen LogP contribution in [-0.4, -0.2) is 7.11 Å². The number of fused-ring (bicyclic) bond motifs is 1. The van der Waals surface area contributed by atoms with Gasteiger partial charge in [0.1, 0.15) is 5.75 Å². The SMILES string of the molecule is COc1ccc2c(c1)C/C(=C\C#N)CC2. The normalized spacial score (nSPS) is 16.9. The van der Waals surface area contributed by atoms with Crippen molar-refractivity contribution < 1.29 is 4.74 Å². The number of ether oxygens (including phenoxy) is 1. The van der Waals surface area contributed by atoms with Crippen LogP contribution in [0.2, 0.25) is 0 Å². The summed E-state index contributed by atoms with van der Waals surface area (Å²) in [7, 11) is 1.68. The van der Waals surface area contributed by atoms with E-state index in [2.05, 4.69) is 18.2 Å². The summed E-state index contributed by atoms with van der Waals surface area (Å²) in [5.74, 6) is 0.895. The Bertz CT molecular complexity index is 440. The van der Waals surface area contributed by atoms with E-state index >= 15 is 0 Å². The van der Waals surface area contributed by atoms with Crippen LogP contribution in [0.3, 0.4) is 0 Å². The molecule has 0 fully saturated rings. The van der Waals surface area contributed by atoms with Crippen molar-refractivity contribution in [2.45, 2.75) is 19.3 Å². The minimum Gasteiger partial charge on any atom is -0.497 e. The molecule has 2 heteroatoms. The molecular formula is C13H13NO. The smallest absolute Gasteiger partial charge is 0.119 e. The van der Waals surface area contributed by atoms with Crippen molar-refractivity contribution in [3.05, 3.63) is 41.0 Å². The van der Waals surface area contributed by atoms with Crippen LogP contribution in [0.1, 0.15) is 17.5 Å². The first-order valence-electron chi connectivity index (χ1n) is 5.07. The molecule has 1 aliphatic carbocycles. The molecule has 0 aromatic heterocycles. The molecule has 1 aromatic carbocycles. The van der Waals surface area contributed by atoms with Gasteiger partial charge in [-0.2, -0.15) is 5.26 Å². The first kappa shape index (κ1) is 9.79. The van der Waals surface area contributed by atoms with E-state index in [-0.39, 0.29) is 0 Å². The molecule has 0 atom stereocenters. The molecule has 0 amide bonds. The average Bonchev–Trinajstić information content (AvgIpc) is 2.28. The lowest BCUT2D eigenvalue weighted by molar-refractivity contribution is 0.414. The molecule has 2 rings (SSSR count). The zero-order valence-corrected chi connectivity index (χ0v) is 8.79. The third-order valence-electron chi connectivity index (χ3n) is 2.82. The van der Waals surface area contributed by atoms with Gasteiger partial charge in [-0.05, 0) is 42.5 Å². The van der Waals surface area contributed by atoms with E-state index in [4.69, 9.17) is 10.00 Å². The molecule has 0 aliphatic heterocycles. The largest absolute Gasteiger partial charge is 0.497 e. The maximum Gasteiger partial charge on any atom is 0.119 e. The van der Waals surface area contributed by atoms with E-state index in [1.165, 1.54) is 16.7 Å². The lowest BCUT2D eigenvalue weighted by Gasteiger charge is -2.18. The zero-order chi connectivity index (χ0) is 10.7. The van der Waals surface area contributed by atoms with E-state index in [0.717, 1.165) is 25.0 Å². The average molecular weight is 199 g/mol. The Hall–Kier alpha value is -1.75. The van der Waals surface area contributed by atoms with Crippen LogP contribution in [0.4, 0.5) is 0 Å². The molecule has 0 saturated heterocycles. The summed E-state index contributed by atoms with van der Waals surface area (Å²) in [6.45, 7) is 0. The van der Waals surface area contributed by atoms with E-state index in [1.807, 2.05) is 6.07 Å². The lowest BCUT2D eigenvalue weighted by Crippen LogP contribution is -2.05. The van der Waals surface area contributed by atoms with Crippen molar-refractivity contribution in [1.29, 1.82) is 5.26 Å². The monoisotopic (exact) mass is 199 g/mol. The Labute approximate surface area is 89.8 Å². The standard InChI is InChI=1S/C13H13NO/c1-15-13-5-4-11-3-2-10(6-7-14)8-12(11)9-13/h4-6,9H,2-3,8H2,1H3/b10-6-. The van der Waals surface area contributed by atoms with Gasteiger partial charge in [0.05, 0.1) is 13.2 Å². The quantitative estimate of drug-likeness (QED) is 0.651. The Morgan fingerprint density at radius 3 is 2.93 bits per heavy atom. The third-order valence-corrected chi connectivity index (χ3v) is 2.82. The number of rotatable bonds is 1. The van der Waals surface area contributed by atoms with Gasteiger partial charge in [0.2, 0.25) is 0 Å². The lowest BCUT2D eigenvalue weighted by atomic mass is 9.88. The molecule has 0 unspecified atom stereocenters. The molecule has 1 aromatic rings. The fraction of sp³-hybridized carbons (Fsp3) is 0.308. The summed E-state index contributed by atoms with van der Waals surface area (Å²) in [5.41, 5.74) is 3.89. The minimum absolute atomic E-state index is 0.889. The molecule has 15 heavy (non-hydrogen) atoms. The van der Waals surface area contributed by atoms with Crippen molar-refractivity contribution in [3.63, 3.8) is 0 Å². The van der Waals surface area contributed by atoms with Gasteiger partial charge in [-0.25, -0.2) is 0 Å². The van der Waals surface area contributed by atoms with Crippen LogP contribution in [0.5, 0.6) is 5.75 Å². The molecule has 0 N–H and O–H groups in total. The molecule has 0 spiro atoms. The van der Waals surface area contributed by atoms with Gasteiger partial charge < -0.3 is 4.74 Å². The molecular weight excluding hydrogens is 186 g/mol. The number of aryl methyl sites for hydroxylation is 1. The summed E-state index contributed by atoms with van der Waals surface area (Å²) < 4.78 is 5.19. The van der Waals surface area contributed by atoms with Crippen molar-refractivity contribution in [2.24, 2.45) is 0 Å². The highest BCUT2D eigenvalue weighted by Crippen LogP contribution is 2.27. The number of nitriles is 1. The Morgan fingerprint density at radius 2 is 2.20 bits per heavy atom. The molecule has 1 aliphatic rings. The summed E-state index contributed by atoms with van der Waals surface area (Å²) >= 11 is 0. The molecule has 76 valence electrons. The first-order chi connectivity index (χ1) is 7.33. The van der Waals surface area contributed by atoms with Crippen molar-refractivity contribution in [2.75, 3.05) is 7.11 Å². The van der Waals surface area contributed by atoms with Crippen LogP contribution in [0, 0.1) is 11.3 Å². The van der Waals surface area contributed by atoms with Crippen LogP contribution in [0.25, 0.3) is 0 Å². The highest BCUT2D eigenvalue weighted by atomic mass is 16.5. The van der Waals surface area contributed by atoms with Crippen LogP contribution >= 0.6 is 0 Å². The van der Waals surface area contributed by atoms with Gasteiger partial charge in [-0.15, -0.1) is 0 Å². The van der Waals surface area contributed by atoms with Crippen molar-refractivity contribution in [1.82, 2.24) is 0 Å². The van der Waals surface area contributed by atoms with Crippen molar-refractivity contribution in [3.8, 4) is 11.8 Å². The first-order valence-corrected chi connectivity index (χ1v) is 5.07. The Balaban J connectivity index is 2.32. The fourth-order valence-electron chi connectivity index (χ4n) is 1.98. The predicted octanol–water partition coefficient (Wildman–Crippen LogP) is 2.63. The van der Waals surface area contributed by atoms with Crippen LogP contribution < -0.4 is 4.74 Å². The molecule has 0 heterocycles. The number of allylic oxidation sites excluding steroid dienone is 2. The molecule has 2 nitrogen and oxygen atoms in total.